The summed E-state index contributed by atoms with van der Waals surface area (Å²) in [7, 11) is 0. The Balaban J connectivity index is 0.000000960. The van der Waals surface area contributed by atoms with E-state index in [2.05, 4.69) is 15.1 Å². The number of carbonyl (C=O) groups excluding carboxylic acids is 1. The van der Waals surface area contributed by atoms with E-state index in [-0.39, 0.29) is 24.8 Å². The van der Waals surface area contributed by atoms with Crippen LogP contribution in [0.2, 0.25) is 0 Å². The SMILES string of the molecule is Cl.Cl.O=C(C1CC12CCNCC2)N1CCCC1CN1CCCC1. The largest absolute Gasteiger partial charge is 0.338 e. The fourth-order valence-corrected chi connectivity index (χ4v) is 4.95. The molecule has 1 amide bonds. The average molecular weight is 364 g/mol. The number of piperidine rings is 1. The van der Waals surface area contributed by atoms with Crippen molar-refractivity contribution in [1.29, 1.82) is 0 Å². The second-order valence-electron chi connectivity index (χ2n) is 7.70. The summed E-state index contributed by atoms with van der Waals surface area (Å²) in [6.07, 6.45) is 8.73. The van der Waals surface area contributed by atoms with Gasteiger partial charge >= 0.3 is 0 Å². The molecule has 1 N–H and O–H groups in total. The van der Waals surface area contributed by atoms with Crippen LogP contribution in [0.15, 0.2) is 0 Å². The Labute approximate surface area is 152 Å². The van der Waals surface area contributed by atoms with Crippen molar-refractivity contribution >= 4 is 30.7 Å². The van der Waals surface area contributed by atoms with Gasteiger partial charge in [0.1, 0.15) is 0 Å². The molecule has 23 heavy (non-hydrogen) atoms. The van der Waals surface area contributed by atoms with Crippen molar-refractivity contribution in [3.05, 3.63) is 0 Å². The van der Waals surface area contributed by atoms with E-state index in [0.717, 1.165) is 26.2 Å². The Bertz CT molecular complexity index is 409. The number of carbonyl (C=O) groups is 1. The quantitative estimate of drug-likeness (QED) is 0.835. The predicted octanol–water partition coefficient (Wildman–Crippen LogP) is 2.31. The van der Waals surface area contributed by atoms with Gasteiger partial charge in [-0.15, -0.1) is 24.8 Å². The molecule has 1 saturated carbocycles. The van der Waals surface area contributed by atoms with E-state index < -0.39 is 0 Å². The summed E-state index contributed by atoms with van der Waals surface area (Å²) in [5.74, 6) is 0.859. The number of hydrogen-bond acceptors (Lipinski definition) is 3. The van der Waals surface area contributed by atoms with Crippen molar-refractivity contribution < 1.29 is 4.79 Å². The molecular formula is C17H31Cl2N3O. The third-order valence-electron chi connectivity index (χ3n) is 6.41. The highest BCUT2D eigenvalue weighted by molar-refractivity contribution is 5.85. The molecule has 4 fully saturated rings. The fourth-order valence-electron chi connectivity index (χ4n) is 4.95. The molecule has 0 aromatic carbocycles. The molecule has 1 spiro atoms. The molecule has 3 heterocycles. The first-order valence-electron chi connectivity index (χ1n) is 9.02. The van der Waals surface area contributed by atoms with Crippen LogP contribution in [0.4, 0.5) is 0 Å². The molecular weight excluding hydrogens is 333 g/mol. The summed E-state index contributed by atoms with van der Waals surface area (Å²) in [5, 5.41) is 3.43. The molecule has 0 aromatic rings. The number of halogens is 2. The van der Waals surface area contributed by atoms with Crippen LogP contribution in [0.3, 0.4) is 0 Å². The van der Waals surface area contributed by atoms with Crippen LogP contribution in [0, 0.1) is 11.3 Å². The maximum atomic E-state index is 13.0. The lowest BCUT2D eigenvalue weighted by Crippen LogP contribution is -2.44. The van der Waals surface area contributed by atoms with Crippen molar-refractivity contribution in [2.75, 3.05) is 39.3 Å². The van der Waals surface area contributed by atoms with Crippen LogP contribution < -0.4 is 5.32 Å². The van der Waals surface area contributed by atoms with Crippen molar-refractivity contribution in [2.24, 2.45) is 11.3 Å². The minimum absolute atomic E-state index is 0. The predicted molar refractivity (Wildman–Crippen MR) is 97.5 cm³/mol. The Kier molecular flexibility index (Phi) is 6.63. The molecule has 134 valence electrons. The van der Waals surface area contributed by atoms with E-state index in [0.29, 0.717) is 23.3 Å². The number of nitrogens with zero attached hydrogens (tertiary/aromatic N) is 2. The molecule has 1 aliphatic carbocycles. The number of rotatable bonds is 3. The number of amides is 1. The molecule has 3 saturated heterocycles. The van der Waals surface area contributed by atoms with Gasteiger partial charge in [0.25, 0.3) is 0 Å². The van der Waals surface area contributed by atoms with E-state index in [4.69, 9.17) is 0 Å². The van der Waals surface area contributed by atoms with E-state index in [1.54, 1.807) is 0 Å². The third-order valence-corrected chi connectivity index (χ3v) is 6.41. The minimum Gasteiger partial charge on any atom is -0.338 e. The number of likely N-dealkylation sites (tertiary alicyclic amines) is 2. The van der Waals surface area contributed by atoms with E-state index in [1.807, 2.05) is 0 Å². The highest BCUT2D eigenvalue weighted by Gasteiger charge is 2.59. The smallest absolute Gasteiger partial charge is 0.226 e. The first-order valence-corrected chi connectivity index (χ1v) is 9.02. The van der Waals surface area contributed by atoms with Crippen LogP contribution in [0.1, 0.15) is 44.9 Å². The topological polar surface area (TPSA) is 35.6 Å². The van der Waals surface area contributed by atoms with Crippen LogP contribution in [0.5, 0.6) is 0 Å². The Morgan fingerprint density at radius 1 is 1.04 bits per heavy atom. The lowest BCUT2D eigenvalue weighted by atomic mass is 9.91. The molecule has 0 bridgehead atoms. The summed E-state index contributed by atoms with van der Waals surface area (Å²) in [5.41, 5.74) is 0.392. The molecule has 6 heteroatoms. The summed E-state index contributed by atoms with van der Waals surface area (Å²) in [4.78, 5) is 17.8. The molecule has 2 unspecified atom stereocenters. The van der Waals surface area contributed by atoms with E-state index >= 15 is 0 Å². The number of hydrogen-bond donors (Lipinski definition) is 1. The molecule has 0 radical (unpaired) electrons. The van der Waals surface area contributed by atoms with Gasteiger partial charge in [0.05, 0.1) is 0 Å². The Morgan fingerprint density at radius 3 is 2.43 bits per heavy atom. The zero-order valence-corrected chi connectivity index (χ0v) is 15.6. The highest BCUT2D eigenvalue weighted by Crippen LogP contribution is 2.59. The first kappa shape index (κ1) is 19.3. The van der Waals surface area contributed by atoms with Crippen LogP contribution in [-0.4, -0.2) is 61.0 Å². The second-order valence-corrected chi connectivity index (χ2v) is 7.70. The third kappa shape index (κ3) is 3.81. The summed E-state index contributed by atoms with van der Waals surface area (Å²) in [6, 6.07) is 0.509. The van der Waals surface area contributed by atoms with E-state index in [9.17, 15) is 4.79 Å². The Morgan fingerprint density at radius 2 is 1.74 bits per heavy atom. The van der Waals surface area contributed by atoms with Crippen LogP contribution in [-0.2, 0) is 4.79 Å². The van der Waals surface area contributed by atoms with Crippen molar-refractivity contribution in [3.8, 4) is 0 Å². The van der Waals surface area contributed by atoms with Crippen LogP contribution >= 0.6 is 24.8 Å². The Hall–Kier alpha value is -0.0300. The second kappa shape index (κ2) is 7.90. The molecule has 4 rings (SSSR count). The van der Waals surface area contributed by atoms with Gasteiger partial charge in [0.15, 0.2) is 0 Å². The molecule has 0 aromatic heterocycles. The van der Waals surface area contributed by atoms with E-state index in [1.165, 1.54) is 58.0 Å². The van der Waals surface area contributed by atoms with Crippen molar-refractivity contribution in [3.63, 3.8) is 0 Å². The number of nitrogens with one attached hydrogen (secondary N) is 1. The van der Waals surface area contributed by atoms with Gasteiger partial charge in [-0.25, -0.2) is 0 Å². The van der Waals surface area contributed by atoms with Gasteiger partial charge in [0.2, 0.25) is 5.91 Å². The maximum absolute atomic E-state index is 13.0. The van der Waals surface area contributed by atoms with Crippen molar-refractivity contribution in [1.82, 2.24) is 15.1 Å². The van der Waals surface area contributed by atoms with Gasteiger partial charge in [-0.2, -0.15) is 0 Å². The molecule has 4 aliphatic rings. The normalized spacial score (nSPS) is 32.4. The summed E-state index contributed by atoms with van der Waals surface area (Å²) < 4.78 is 0. The van der Waals surface area contributed by atoms with Gasteiger partial charge in [-0.05, 0) is 76.5 Å². The van der Waals surface area contributed by atoms with Gasteiger partial charge < -0.3 is 15.1 Å². The zero-order valence-electron chi connectivity index (χ0n) is 14.0. The highest BCUT2D eigenvalue weighted by atomic mass is 35.5. The van der Waals surface area contributed by atoms with Crippen LogP contribution in [0.25, 0.3) is 0 Å². The average Bonchev–Trinajstić information content (AvgIpc) is 2.91. The minimum atomic E-state index is 0. The lowest BCUT2D eigenvalue weighted by Gasteiger charge is -2.30. The van der Waals surface area contributed by atoms with Gasteiger partial charge in [0, 0.05) is 25.0 Å². The standard InChI is InChI=1S/C17H29N3O.2ClH/c21-16(15-12-17(15)5-7-18-8-6-17)20-11-3-4-14(20)13-19-9-1-2-10-19;;/h14-15,18H,1-13H2;2*1H. The molecule has 4 nitrogen and oxygen atoms in total. The molecule has 2 atom stereocenters. The van der Waals surface area contributed by atoms with Gasteiger partial charge in [-0.1, -0.05) is 0 Å². The zero-order chi connectivity index (χ0) is 14.3. The fraction of sp³-hybridized carbons (Fsp3) is 0.941. The summed E-state index contributed by atoms with van der Waals surface area (Å²) in [6.45, 7) is 6.87. The van der Waals surface area contributed by atoms with Gasteiger partial charge in [-0.3, -0.25) is 4.79 Å². The lowest BCUT2D eigenvalue weighted by molar-refractivity contribution is -0.134. The monoisotopic (exact) mass is 363 g/mol. The molecule has 3 aliphatic heterocycles. The first-order chi connectivity index (χ1) is 10.3. The summed E-state index contributed by atoms with van der Waals surface area (Å²) >= 11 is 0. The maximum Gasteiger partial charge on any atom is 0.226 e. The van der Waals surface area contributed by atoms with Crippen molar-refractivity contribution in [2.45, 2.75) is 51.0 Å².